The Kier molecular flexibility index (Phi) is 6.88. The van der Waals surface area contributed by atoms with Crippen LogP contribution in [0.4, 0.5) is 4.39 Å². The van der Waals surface area contributed by atoms with Crippen molar-refractivity contribution >= 4 is 22.7 Å². The van der Waals surface area contributed by atoms with Gasteiger partial charge in [0.25, 0.3) is 0 Å². The van der Waals surface area contributed by atoms with Crippen LogP contribution in [0.3, 0.4) is 0 Å². The largest absolute Gasteiger partial charge is 0.456 e. The van der Waals surface area contributed by atoms with Crippen LogP contribution < -0.4 is 10.6 Å². The van der Waals surface area contributed by atoms with E-state index in [2.05, 4.69) is 6.58 Å². The van der Waals surface area contributed by atoms with E-state index in [4.69, 9.17) is 4.42 Å². The predicted molar refractivity (Wildman–Crippen MR) is 94.3 cm³/mol. The van der Waals surface area contributed by atoms with E-state index in [0.29, 0.717) is 22.1 Å². The van der Waals surface area contributed by atoms with Gasteiger partial charge in [-0.3, -0.25) is 4.31 Å². The monoisotopic (exact) mass is 400 g/mol. The van der Waals surface area contributed by atoms with Crippen LogP contribution in [-0.2, 0) is 28.6 Å². The van der Waals surface area contributed by atoms with Gasteiger partial charge >= 0.3 is 0 Å². The maximum absolute atomic E-state index is 13.0. The first-order valence-corrected chi connectivity index (χ1v) is 9.12. The van der Waals surface area contributed by atoms with Gasteiger partial charge in [0.2, 0.25) is 10.0 Å². The average molecular weight is 400 g/mol. The molecule has 2 aromatic rings. The molecule has 0 saturated heterocycles. The van der Waals surface area contributed by atoms with Crippen LogP contribution in [0.25, 0.3) is 24.0 Å². The summed E-state index contributed by atoms with van der Waals surface area (Å²) in [6, 6.07) is 7.66. The second kappa shape index (κ2) is 8.08. The summed E-state index contributed by atoms with van der Waals surface area (Å²) in [6.07, 6.45) is 2.78. The second-order valence-electron chi connectivity index (χ2n) is 5.77. The smallest absolute Gasteiger partial charge is 0.231 e. The Hall–Kier alpha value is -1.76. The third-order valence-electron chi connectivity index (χ3n) is 3.59. The number of furan rings is 1. The van der Waals surface area contributed by atoms with Crippen molar-refractivity contribution in [3.05, 3.63) is 58.1 Å². The van der Waals surface area contributed by atoms with Crippen molar-refractivity contribution in [3.63, 3.8) is 0 Å². The number of sulfonamides is 1. The zero-order valence-electron chi connectivity index (χ0n) is 14.6. The van der Waals surface area contributed by atoms with Crippen LogP contribution in [0, 0.1) is 5.82 Å². The van der Waals surface area contributed by atoms with E-state index < -0.39 is 10.0 Å². The zero-order valence-corrected chi connectivity index (χ0v) is 16.8. The molecule has 0 fully saturated rings. The first-order valence-electron chi connectivity index (χ1n) is 7.27. The third-order valence-corrected chi connectivity index (χ3v) is 4.78. The van der Waals surface area contributed by atoms with Gasteiger partial charge < -0.3 is 4.42 Å². The van der Waals surface area contributed by atoms with Crippen LogP contribution in [-0.4, -0.2) is 26.0 Å². The van der Waals surface area contributed by atoms with E-state index in [1.807, 2.05) is 13.8 Å². The minimum Gasteiger partial charge on any atom is -0.456 e. The molecule has 0 spiro atoms. The molecule has 1 heterocycles. The minimum atomic E-state index is -3.39. The van der Waals surface area contributed by atoms with E-state index in [9.17, 15) is 12.8 Å². The number of benzene rings is 1. The molecular weight excluding hydrogens is 380 g/mol. The average Bonchev–Trinajstić information content (AvgIpc) is 2.84. The van der Waals surface area contributed by atoms with Gasteiger partial charge in [-0.1, -0.05) is 12.2 Å². The van der Waals surface area contributed by atoms with Gasteiger partial charge in [0.05, 0.1) is 12.0 Å². The molecule has 1 radical (unpaired) electrons. The summed E-state index contributed by atoms with van der Waals surface area (Å²) in [5.74, 6) is 0.218. The minimum absolute atomic E-state index is 0. The zero-order chi connectivity index (χ0) is 18.1. The summed E-state index contributed by atoms with van der Waals surface area (Å²) in [7, 11) is -1.90. The van der Waals surface area contributed by atoms with Crippen molar-refractivity contribution in [1.29, 1.82) is 0 Å². The van der Waals surface area contributed by atoms with Crippen LogP contribution in [0.1, 0.15) is 13.8 Å². The van der Waals surface area contributed by atoms with Crippen molar-refractivity contribution in [2.24, 2.45) is 0 Å². The molecular formula is C18H20FNO3SV. The Morgan fingerprint density at radius 3 is 2.28 bits per heavy atom. The van der Waals surface area contributed by atoms with Crippen molar-refractivity contribution in [2.45, 2.75) is 13.8 Å². The summed E-state index contributed by atoms with van der Waals surface area (Å²) in [5.41, 5.74) is 2.52. The number of allylic oxidation sites excluding steroid dienone is 2. The van der Waals surface area contributed by atoms with Crippen molar-refractivity contribution < 1.29 is 35.8 Å². The van der Waals surface area contributed by atoms with Gasteiger partial charge in [-0.25, -0.2) is 12.8 Å². The fourth-order valence-electron chi connectivity index (χ4n) is 2.17. The van der Waals surface area contributed by atoms with E-state index in [1.54, 1.807) is 24.3 Å². The number of nitrogens with zero attached hydrogens (tertiary/aromatic N) is 1. The Bertz CT molecular complexity index is 988. The molecule has 0 bridgehead atoms. The topological polar surface area (TPSA) is 50.5 Å². The molecule has 7 heteroatoms. The molecule has 0 atom stereocenters. The van der Waals surface area contributed by atoms with Crippen LogP contribution in [0.5, 0.6) is 0 Å². The van der Waals surface area contributed by atoms with E-state index in [0.717, 1.165) is 17.4 Å². The first kappa shape index (κ1) is 21.3. The fourth-order valence-corrected chi connectivity index (χ4v) is 2.77. The summed E-state index contributed by atoms with van der Waals surface area (Å²) < 4.78 is 43.6. The summed E-state index contributed by atoms with van der Waals surface area (Å²) in [4.78, 5) is 0. The summed E-state index contributed by atoms with van der Waals surface area (Å²) in [5, 5.41) is 0.620. The number of hydrogen-bond acceptors (Lipinski definition) is 3. The molecule has 2 rings (SSSR count). The molecule has 133 valence electrons. The number of rotatable bonds is 4. The van der Waals surface area contributed by atoms with Crippen molar-refractivity contribution in [2.75, 3.05) is 13.3 Å². The third kappa shape index (κ3) is 5.11. The van der Waals surface area contributed by atoms with Gasteiger partial charge in [-0.05, 0) is 44.2 Å². The first-order chi connectivity index (χ1) is 11.1. The molecule has 25 heavy (non-hydrogen) atoms. The molecule has 0 aliphatic heterocycles. The predicted octanol–water partition coefficient (Wildman–Crippen LogP) is 2.46. The van der Waals surface area contributed by atoms with E-state index >= 15 is 0 Å². The van der Waals surface area contributed by atoms with Crippen LogP contribution >= 0.6 is 0 Å². The van der Waals surface area contributed by atoms with Gasteiger partial charge in [0, 0.05) is 42.5 Å². The van der Waals surface area contributed by atoms with Gasteiger partial charge in [0.1, 0.15) is 17.0 Å². The van der Waals surface area contributed by atoms with Gasteiger partial charge in [-0.15, -0.1) is 0 Å². The molecule has 0 aliphatic carbocycles. The van der Waals surface area contributed by atoms with Crippen LogP contribution in [0.15, 0.2) is 46.0 Å². The maximum atomic E-state index is 13.0. The van der Waals surface area contributed by atoms with E-state index in [1.165, 1.54) is 23.5 Å². The molecule has 0 amide bonds. The van der Waals surface area contributed by atoms with Gasteiger partial charge in [0.15, 0.2) is 0 Å². The van der Waals surface area contributed by atoms with Gasteiger partial charge in [-0.2, -0.15) is 0 Å². The maximum Gasteiger partial charge on any atom is 0.231 e. The number of hydrogen-bond donors (Lipinski definition) is 0. The fraction of sp³-hybridized carbons (Fsp3) is 0.222. The Balaban J connectivity index is 0.00000312. The molecule has 0 N–H and O–H groups in total. The number of halogens is 1. The molecule has 4 nitrogen and oxygen atoms in total. The van der Waals surface area contributed by atoms with Crippen molar-refractivity contribution in [3.8, 4) is 11.3 Å². The molecule has 0 saturated carbocycles. The van der Waals surface area contributed by atoms with E-state index in [-0.39, 0.29) is 24.4 Å². The quantitative estimate of drug-likeness (QED) is 0.792. The summed E-state index contributed by atoms with van der Waals surface area (Å²) in [6.45, 7) is 7.57. The Morgan fingerprint density at radius 2 is 1.80 bits per heavy atom. The SMILES string of the molecule is C=c1cc(-c2ccc(F)cc2)o/c1=C/C(=C(C)C)N(C)S(C)(=O)=O.[V]. The molecule has 1 aromatic carbocycles. The molecule has 1 aromatic heterocycles. The van der Waals surface area contributed by atoms with Crippen LogP contribution in [0.2, 0.25) is 0 Å². The molecule has 0 aliphatic rings. The normalized spacial score (nSPS) is 11.8. The standard InChI is InChI=1S/C18H20FNO3S.V/c1-12(2)16(20(4)24(5,21)22)11-17-13(3)10-18(23-17)14-6-8-15(19)9-7-14;/h6-11H,3H2,1-2,4-5H3;/b17-11+;. The Labute approximate surface area is 159 Å². The summed E-state index contributed by atoms with van der Waals surface area (Å²) >= 11 is 0. The Morgan fingerprint density at radius 1 is 1.24 bits per heavy atom. The van der Waals surface area contributed by atoms with Crippen molar-refractivity contribution in [1.82, 2.24) is 4.31 Å². The molecule has 0 unspecified atom stereocenters. The second-order valence-corrected chi connectivity index (χ2v) is 7.78.